The summed E-state index contributed by atoms with van der Waals surface area (Å²) in [4.78, 5) is 23.5. The number of fused-ring (bicyclic) bond motifs is 1. The highest BCUT2D eigenvalue weighted by atomic mass is 32.1. The summed E-state index contributed by atoms with van der Waals surface area (Å²) in [6.45, 7) is 1.75. The minimum Gasteiger partial charge on any atom is -0.484 e. The number of ether oxygens (including phenoxy) is 1. The minimum absolute atomic E-state index is 0.216. The Morgan fingerprint density at radius 3 is 2.96 bits per heavy atom. The third-order valence-corrected chi connectivity index (χ3v) is 4.42. The Labute approximate surface area is 147 Å². The van der Waals surface area contributed by atoms with Gasteiger partial charge in [-0.2, -0.15) is 5.26 Å². The Kier molecular flexibility index (Phi) is 4.82. The van der Waals surface area contributed by atoms with Gasteiger partial charge < -0.3 is 14.5 Å². The Morgan fingerprint density at radius 2 is 2.20 bits per heavy atom. The van der Waals surface area contributed by atoms with Crippen molar-refractivity contribution in [1.82, 2.24) is 0 Å². The van der Waals surface area contributed by atoms with Crippen LogP contribution in [-0.4, -0.2) is 12.5 Å². The lowest BCUT2D eigenvalue weighted by molar-refractivity contribution is -0.118. The van der Waals surface area contributed by atoms with Crippen LogP contribution < -0.4 is 15.7 Å². The Hall–Kier alpha value is -3.11. The van der Waals surface area contributed by atoms with Gasteiger partial charge in [-0.1, -0.05) is 6.92 Å². The number of carbonyl (C=O) groups excluding carboxylic acids is 1. The molecule has 0 aliphatic rings. The number of benzene rings is 1. The monoisotopic (exact) mass is 354 g/mol. The lowest BCUT2D eigenvalue weighted by Crippen LogP contribution is -2.20. The third kappa shape index (κ3) is 3.70. The molecule has 0 saturated carbocycles. The topological polar surface area (TPSA) is 92.3 Å². The van der Waals surface area contributed by atoms with Crippen molar-refractivity contribution in [1.29, 1.82) is 5.26 Å². The third-order valence-electron chi connectivity index (χ3n) is 3.59. The highest BCUT2D eigenvalue weighted by Gasteiger charge is 2.10. The smallest absolute Gasteiger partial charge is 0.336 e. The Morgan fingerprint density at radius 1 is 1.36 bits per heavy atom. The fraction of sp³-hybridized carbons (Fsp3) is 0.167. The number of nitrogens with one attached hydrogen (secondary N) is 1. The molecule has 0 spiro atoms. The average molecular weight is 354 g/mol. The molecular weight excluding hydrogens is 340 g/mol. The maximum Gasteiger partial charge on any atom is 0.336 e. The van der Waals surface area contributed by atoms with E-state index < -0.39 is 5.63 Å². The van der Waals surface area contributed by atoms with Crippen LogP contribution in [0.25, 0.3) is 11.0 Å². The van der Waals surface area contributed by atoms with E-state index in [2.05, 4.69) is 5.32 Å². The fourth-order valence-electron chi connectivity index (χ4n) is 2.40. The number of rotatable bonds is 5. The summed E-state index contributed by atoms with van der Waals surface area (Å²) in [5.41, 5.74) is 1.32. The lowest BCUT2D eigenvalue weighted by Gasteiger charge is -2.08. The van der Waals surface area contributed by atoms with Crippen molar-refractivity contribution in [2.45, 2.75) is 13.3 Å². The van der Waals surface area contributed by atoms with Crippen molar-refractivity contribution in [3.05, 3.63) is 57.3 Å². The molecule has 2 aromatic heterocycles. The van der Waals surface area contributed by atoms with Crippen LogP contribution in [-0.2, 0) is 11.2 Å². The van der Waals surface area contributed by atoms with Crippen LogP contribution in [0.5, 0.6) is 5.75 Å². The SMILES string of the molecule is CCc1cc(=O)oc2cc(OCC(=O)Nc3sccc3C#N)ccc12. The second-order valence-corrected chi connectivity index (χ2v) is 6.13. The van der Waals surface area contributed by atoms with Crippen LogP contribution in [0.2, 0.25) is 0 Å². The molecule has 6 nitrogen and oxygen atoms in total. The van der Waals surface area contributed by atoms with E-state index in [-0.39, 0.29) is 12.5 Å². The number of nitriles is 1. The van der Waals surface area contributed by atoms with Gasteiger partial charge in [0, 0.05) is 17.5 Å². The van der Waals surface area contributed by atoms with Crippen molar-refractivity contribution in [2.75, 3.05) is 11.9 Å². The summed E-state index contributed by atoms with van der Waals surface area (Å²) >= 11 is 1.27. The molecule has 126 valence electrons. The van der Waals surface area contributed by atoms with Gasteiger partial charge in [0.05, 0.1) is 5.56 Å². The number of hydrogen-bond acceptors (Lipinski definition) is 6. The zero-order chi connectivity index (χ0) is 17.8. The quantitative estimate of drug-likeness (QED) is 0.710. The molecule has 3 aromatic rings. The van der Waals surface area contributed by atoms with Gasteiger partial charge in [0.25, 0.3) is 5.91 Å². The molecule has 0 bridgehead atoms. The van der Waals surface area contributed by atoms with Crippen LogP contribution >= 0.6 is 11.3 Å². The molecule has 25 heavy (non-hydrogen) atoms. The van der Waals surface area contributed by atoms with Crippen LogP contribution in [0.3, 0.4) is 0 Å². The molecule has 1 aromatic carbocycles. The molecule has 1 amide bonds. The van der Waals surface area contributed by atoms with Crippen molar-refractivity contribution in [3.8, 4) is 11.8 Å². The molecule has 0 radical (unpaired) electrons. The van der Waals surface area contributed by atoms with Gasteiger partial charge in [-0.3, -0.25) is 4.79 Å². The molecule has 2 heterocycles. The molecule has 0 unspecified atom stereocenters. The number of hydrogen-bond donors (Lipinski definition) is 1. The summed E-state index contributed by atoms with van der Waals surface area (Å²) in [6, 6.07) is 10.2. The zero-order valence-electron chi connectivity index (χ0n) is 13.4. The van der Waals surface area contributed by atoms with Crippen LogP contribution in [0.1, 0.15) is 18.1 Å². The number of thiophene rings is 1. The van der Waals surface area contributed by atoms with Gasteiger partial charge in [-0.05, 0) is 35.6 Å². The summed E-state index contributed by atoms with van der Waals surface area (Å²) in [5, 5.41) is 14.6. The van der Waals surface area contributed by atoms with E-state index in [1.807, 2.05) is 13.0 Å². The van der Waals surface area contributed by atoms with Crippen molar-refractivity contribution in [2.24, 2.45) is 0 Å². The molecular formula is C18H14N2O4S. The van der Waals surface area contributed by atoms with Crippen LogP contribution in [0.15, 0.2) is 44.9 Å². The Bertz CT molecular complexity index is 1030. The molecule has 1 N–H and O–H groups in total. The van der Waals surface area contributed by atoms with E-state index in [1.54, 1.807) is 29.6 Å². The van der Waals surface area contributed by atoms with E-state index in [9.17, 15) is 9.59 Å². The van der Waals surface area contributed by atoms with Gasteiger partial charge in [0.15, 0.2) is 6.61 Å². The maximum atomic E-state index is 12.0. The highest BCUT2D eigenvalue weighted by Crippen LogP contribution is 2.24. The van der Waals surface area contributed by atoms with E-state index in [0.29, 0.717) is 28.3 Å². The average Bonchev–Trinajstić information content (AvgIpc) is 3.05. The van der Waals surface area contributed by atoms with E-state index in [4.69, 9.17) is 14.4 Å². The molecule has 0 fully saturated rings. The predicted octanol–water partition coefficient (Wildman–Crippen LogP) is 3.31. The summed E-state index contributed by atoms with van der Waals surface area (Å²) in [6.07, 6.45) is 0.715. The van der Waals surface area contributed by atoms with Crippen LogP contribution in [0.4, 0.5) is 5.00 Å². The van der Waals surface area contributed by atoms with E-state index in [1.165, 1.54) is 17.4 Å². The number of nitrogens with zero attached hydrogens (tertiary/aromatic N) is 1. The number of aryl methyl sites for hydroxylation is 1. The van der Waals surface area contributed by atoms with E-state index in [0.717, 1.165) is 10.9 Å². The highest BCUT2D eigenvalue weighted by molar-refractivity contribution is 7.14. The maximum absolute atomic E-state index is 12.0. The standard InChI is InChI=1S/C18H14N2O4S/c1-2-11-7-17(22)24-15-8-13(3-4-14(11)15)23-10-16(21)20-18-12(9-19)5-6-25-18/h3-8H,2,10H2,1H3,(H,20,21). The van der Waals surface area contributed by atoms with E-state index >= 15 is 0 Å². The van der Waals surface area contributed by atoms with Gasteiger partial charge in [0.2, 0.25) is 0 Å². The van der Waals surface area contributed by atoms with Gasteiger partial charge >= 0.3 is 5.63 Å². The van der Waals surface area contributed by atoms with Crippen molar-refractivity contribution < 1.29 is 13.9 Å². The first-order valence-electron chi connectivity index (χ1n) is 7.57. The molecule has 0 atom stereocenters. The summed E-state index contributed by atoms with van der Waals surface area (Å²) in [5.74, 6) is 0.0496. The van der Waals surface area contributed by atoms with Crippen molar-refractivity contribution >= 4 is 33.2 Å². The molecule has 0 saturated heterocycles. The fourth-order valence-corrected chi connectivity index (χ4v) is 3.15. The second kappa shape index (κ2) is 7.20. The molecule has 7 heteroatoms. The number of carbonyl (C=O) groups is 1. The van der Waals surface area contributed by atoms with Gasteiger partial charge in [-0.15, -0.1) is 11.3 Å². The van der Waals surface area contributed by atoms with Crippen molar-refractivity contribution in [3.63, 3.8) is 0 Å². The first-order valence-corrected chi connectivity index (χ1v) is 8.45. The van der Waals surface area contributed by atoms with Gasteiger partial charge in [0.1, 0.15) is 22.4 Å². The summed E-state index contributed by atoms with van der Waals surface area (Å²) < 4.78 is 10.7. The number of amides is 1. The normalized spacial score (nSPS) is 10.4. The first kappa shape index (κ1) is 16.7. The summed E-state index contributed by atoms with van der Waals surface area (Å²) in [7, 11) is 0. The Balaban J connectivity index is 1.72. The predicted molar refractivity (Wildman–Crippen MR) is 95.0 cm³/mol. The zero-order valence-corrected chi connectivity index (χ0v) is 14.2. The lowest BCUT2D eigenvalue weighted by atomic mass is 10.1. The van der Waals surface area contributed by atoms with Crippen LogP contribution in [0, 0.1) is 11.3 Å². The molecule has 0 aliphatic carbocycles. The first-order chi connectivity index (χ1) is 12.1. The molecule has 0 aliphatic heterocycles. The molecule has 3 rings (SSSR count). The minimum atomic E-state index is -0.416. The van der Waals surface area contributed by atoms with Gasteiger partial charge in [-0.25, -0.2) is 4.79 Å². The number of anilines is 1. The largest absolute Gasteiger partial charge is 0.484 e. The second-order valence-electron chi connectivity index (χ2n) is 5.21.